The molecule has 0 bridgehead atoms. The lowest BCUT2D eigenvalue weighted by molar-refractivity contribution is -0.143. The first-order valence-electron chi connectivity index (χ1n) is 5.28. The van der Waals surface area contributed by atoms with Crippen molar-refractivity contribution >= 4 is 17.8 Å². The molecule has 0 aromatic heterocycles. The molecule has 0 saturated heterocycles. The van der Waals surface area contributed by atoms with Crippen molar-refractivity contribution in [3.63, 3.8) is 0 Å². The fraction of sp³-hybridized carbons (Fsp3) is 0.545. The largest absolute Gasteiger partial charge is 0.466 e. The molecular weight excluding hydrogens is 210 g/mol. The standard InChI is InChI=1S/C7H14O2.C4H3NO2/c1-3-5-7(8)9-6-4-2;6-3-1-2-4(7)5-3/h3-6H2,1-2H3;1-2H,(H,5,6,7). The average Bonchev–Trinajstić information content (AvgIpc) is 2.61. The molecule has 0 unspecified atom stereocenters. The van der Waals surface area contributed by atoms with E-state index in [1.54, 1.807) is 0 Å². The molecule has 0 radical (unpaired) electrons. The second kappa shape index (κ2) is 8.64. The van der Waals surface area contributed by atoms with Gasteiger partial charge in [0.1, 0.15) is 0 Å². The molecule has 5 nitrogen and oxygen atoms in total. The van der Waals surface area contributed by atoms with Gasteiger partial charge in [0.05, 0.1) is 6.61 Å². The highest BCUT2D eigenvalue weighted by atomic mass is 16.5. The summed E-state index contributed by atoms with van der Waals surface area (Å²) < 4.78 is 4.79. The van der Waals surface area contributed by atoms with Crippen LogP contribution in [0.15, 0.2) is 12.2 Å². The van der Waals surface area contributed by atoms with Crippen molar-refractivity contribution in [1.82, 2.24) is 5.32 Å². The molecule has 0 saturated carbocycles. The Morgan fingerprint density at radius 3 is 2.06 bits per heavy atom. The number of rotatable bonds is 4. The highest BCUT2D eigenvalue weighted by molar-refractivity contribution is 6.12. The number of hydrogen-bond donors (Lipinski definition) is 1. The van der Waals surface area contributed by atoms with E-state index in [9.17, 15) is 14.4 Å². The average molecular weight is 227 g/mol. The summed E-state index contributed by atoms with van der Waals surface area (Å²) in [5.74, 6) is -0.727. The molecule has 90 valence electrons. The maximum Gasteiger partial charge on any atom is 0.305 e. The lowest BCUT2D eigenvalue weighted by Crippen LogP contribution is -2.19. The Morgan fingerprint density at radius 1 is 1.19 bits per heavy atom. The summed E-state index contributed by atoms with van der Waals surface area (Å²) in [6, 6.07) is 0. The maximum atomic E-state index is 10.6. The number of carbonyl (C=O) groups is 3. The zero-order chi connectivity index (χ0) is 12.4. The SMILES string of the molecule is CCCOC(=O)CCC.O=C1C=CC(=O)N1. The molecule has 1 aliphatic heterocycles. The van der Waals surface area contributed by atoms with Crippen LogP contribution >= 0.6 is 0 Å². The molecule has 1 heterocycles. The van der Waals surface area contributed by atoms with Crippen LogP contribution in [0.25, 0.3) is 0 Å². The second-order valence-corrected chi connectivity index (χ2v) is 3.16. The van der Waals surface area contributed by atoms with Gasteiger partial charge in [0.25, 0.3) is 11.8 Å². The van der Waals surface area contributed by atoms with Crippen LogP contribution in [0, 0.1) is 0 Å². The summed E-state index contributed by atoms with van der Waals surface area (Å²) in [5, 5.41) is 2.03. The third-order valence-electron chi connectivity index (χ3n) is 1.55. The Bertz CT molecular complexity index is 268. The molecule has 1 rings (SSSR count). The van der Waals surface area contributed by atoms with E-state index in [0.29, 0.717) is 13.0 Å². The summed E-state index contributed by atoms with van der Waals surface area (Å²) in [6.07, 6.45) is 4.74. The molecule has 0 aliphatic carbocycles. The molecule has 2 amide bonds. The molecule has 5 heteroatoms. The minimum atomic E-state index is -0.329. The van der Waals surface area contributed by atoms with Crippen molar-refractivity contribution in [2.45, 2.75) is 33.1 Å². The van der Waals surface area contributed by atoms with Crippen LogP contribution in [-0.4, -0.2) is 24.4 Å². The van der Waals surface area contributed by atoms with Crippen LogP contribution in [-0.2, 0) is 19.1 Å². The van der Waals surface area contributed by atoms with Gasteiger partial charge in [-0.05, 0) is 12.8 Å². The minimum absolute atomic E-state index is 0.0700. The number of carbonyl (C=O) groups excluding carboxylic acids is 3. The number of nitrogens with one attached hydrogen (secondary N) is 1. The normalized spacial score (nSPS) is 12.9. The lowest BCUT2D eigenvalue weighted by Gasteiger charge is -1.99. The summed E-state index contributed by atoms with van der Waals surface area (Å²) in [4.78, 5) is 30.6. The summed E-state index contributed by atoms with van der Waals surface area (Å²) in [6.45, 7) is 4.52. The van der Waals surface area contributed by atoms with E-state index in [2.05, 4.69) is 0 Å². The quantitative estimate of drug-likeness (QED) is 0.573. The first-order valence-corrected chi connectivity index (χ1v) is 5.28. The third kappa shape index (κ3) is 7.73. The summed E-state index contributed by atoms with van der Waals surface area (Å²) in [7, 11) is 0. The van der Waals surface area contributed by atoms with Crippen LogP contribution in [0.5, 0.6) is 0 Å². The highest BCUT2D eigenvalue weighted by Crippen LogP contribution is 1.91. The highest BCUT2D eigenvalue weighted by Gasteiger charge is 2.06. The summed E-state index contributed by atoms with van der Waals surface area (Å²) >= 11 is 0. The van der Waals surface area contributed by atoms with Gasteiger partial charge in [-0.3, -0.25) is 19.7 Å². The molecule has 0 aromatic rings. The van der Waals surface area contributed by atoms with Gasteiger partial charge in [-0.1, -0.05) is 13.8 Å². The van der Waals surface area contributed by atoms with Gasteiger partial charge in [0.2, 0.25) is 0 Å². The van der Waals surface area contributed by atoms with Crippen molar-refractivity contribution < 1.29 is 19.1 Å². The number of hydrogen-bond acceptors (Lipinski definition) is 4. The smallest absolute Gasteiger partial charge is 0.305 e. The van der Waals surface area contributed by atoms with Gasteiger partial charge < -0.3 is 4.74 Å². The van der Waals surface area contributed by atoms with Gasteiger partial charge >= 0.3 is 5.97 Å². The van der Waals surface area contributed by atoms with E-state index in [-0.39, 0.29) is 17.8 Å². The van der Waals surface area contributed by atoms with Gasteiger partial charge in [0, 0.05) is 18.6 Å². The van der Waals surface area contributed by atoms with Crippen molar-refractivity contribution in [3.05, 3.63) is 12.2 Å². The number of ether oxygens (including phenoxy) is 1. The van der Waals surface area contributed by atoms with Gasteiger partial charge in [-0.15, -0.1) is 0 Å². The van der Waals surface area contributed by atoms with Crippen LogP contribution in [0.3, 0.4) is 0 Å². The zero-order valence-corrected chi connectivity index (χ0v) is 9.62. The summed E-state index contributed by atoms with van der Waals surface area (Å²) in [5.41, 5.74) is 0. The molecule has 0 aromatic carbocycles. The van der Waals surface area contributed by atoms with E-state index in [0.717, 1.165) is 12.8 Å². The Balaban J connectivity index is 0.000000288. The van der Waals surface area contributed by atoms with Crippen molar-refractivity contribution in [3.8, 4) is 0 Å². The second-order valence-electron chi connectivity index (χ2n) is 3.16. The predicted molar refractivity (Wildman–Crippen MR) is 58.4 cm³/mol. The van der Waals surface area contributed by atoms with Crippen LogP contribution in [0.4, 0.5) is 0 Å². The van der Waals surface area contributed by atoms with E-state index in [4.69, 9.17) is 4.74 Å². The van der Waals surface area contributed by atoms with Crippen molar-refractivity contribution in [2.24, 2.45) is 0 Å². The van der Waals surface area contributed by atoms with E-state index >= 15 is 0 Å². The minimum Gasteiger partial charge on any atom is -0.466 e. The van der Waals surface area contributed by atoms with Crippen LogP contribution < -0.4 is 5.32 Å². The van der Waals surface area contributed by atoms with E-state index < -0.39 is 0 Å². The van der Waals surface area contributed by atoms with E-state index in [1.165, 1.54) is 12.2 Å². The fourth-order valence-corrected chi connectivity index (χ4v) is 0.848. The topological polar surface area (TPSA) is 72.5 Å². The Morgan fingerprint density at radius 2 is 1.75 bits per heavy atom. The number of esters is 1. The molecule has 1 N–H and O–H groups in total. The van der Waals surface area contributed by atoms with E-state index in [1.807, 2.05) is 19.2 Å². The Hall–Kier alpha value is -1.65. The number of imide groups is 1. The molecule has 1 aliphatic rings. The molecule has 0 fully saturated rings. The monoisotopic (exact) mass is 227 g/mol. The van der Waals surface area contributed by atoms with Gasteiger partial charge in [-0.25, -0.2) is 0 Å². The predicted octanol–water partition coefficient (Wildman–Crippen LogP) is 0.939. The Labute approximate surface area is 94.8 Å². The molecule has 16 heavy (non-hydrogen) atoms. The van der Waals surface area contributed by atoms with Crippen molar-refractivity contribution in [2.75, 3.05) is 6.61 Å². The van der Waals surface area contributed by atoms with Gasteiger partial charge in [-0.2, -0.15) is 0 Å². The zero-order valence-electron chi connectivity index (χ0n) is 9.62. The molecule has 0 spiro atoms. The molecular formula is C11H17NO4. The lowest BCUT2D eigenvalue weighted by atomic mass is 10.3. The van der Waals surface area contributed by atoms with Crippen molar-refractivity contribution in [1.29, 1.82) is 0 Å². The first kappa shape index (κ1) is 14.3. The first-order chi connectivity index (χ1) is 7.60. The van der Waals surface area contributed by atoms with Crippen LogP contribution in [0.2, 0.25) is 0 Å². The Kier molecular flexibility index (Phi) is 7.75. The van der Waals surface area contributed by atoms with Gasteiger partial charge in [0.15, 0.2) is 0 Å². The van der Waals surface area contributed by atoms with Crippen LogP contribution in [0.1, 0.15) is 33.1 Å². The maximum absolute atomic E-state index is 10.6. The number of amides is 2. The fourth-order valence-electron chi connectivity index (χ4n) is 0.848. The molecule has 0 atom stereocenters. The third-order valence-corrected chi connectivity index (χ3v) is 1.55.